The van der Waals surface area contributed by atoms with Crippen LogP contribution in [0.4, 0.5) is 0 Å². The summed E-state index contributed by atoms with van der Waals surface area (Å²) in [4.78, 5) is 12.4. The molecule has 0 heterocycles. The summed E-state index contributed by atoms with van der Waals surface area (Å²) in [7, 11) is 0. The summed E-state index contributed by atoms with van der Waals surface area (Å²) in [5.41, 5.74) is 0. The zero-order valence-electron chi connectivity index (χ0n) is 42.5. The molecule has 0 saturated carbocycles. The van der Waals surface area contributed by atoms with E-state index in [1.54, 1.807) is 6.08 Å². The lowest BCUT2D eigenvalue weighted by Gasteiger charge is -2.19. The van der Waals surface area contributed by atoms with Crippen LogP contribution in [0.15, 0.2) is 85.1 Å². The van der Waals surface area contributed by atoms with Gasteiger partial charge in [0.25, 0.3) is 0 Å². The summed E-state index contributed by atoms with van der Waals surface area (Å²) >= 11 is 0. The summed E-state index contributed by atoms with van der Waals surface area (Å²) < 4.78 is 0. The number of aliphatic hydroxyl groups excluding tert-OH is 2. The minimum Gasteiger partial charge on any atom is -0.394 e. The molecule has 0 aliphatic rings. The van der Waals surface area contributed by atoms with E-state index in [0.29, 0.717) is 6.42 Å². The van der Waals surface area contributed by atoms with Crippen molar-refractivity contribution in [1.29, 1.82) is 0 Å². The monoisotopic (exact) mass is 890 g/mol. The Morgan fingerprint density at radius 2 is 0.703 bits per heavy atom. The van der Waals surface area contributed by atoms with Crippen molar-refractivity contribution in [2.24, 2.45) is 0 Å². The molecule has 0 rings (SSSR count). The number of nitrogens with one attached hydrogen (secondary N) is 1. The van der Waals surface area contributed by atoms with Gasteiger partial charge in [0.15, 0.2) is 0 Å². The molecule has 4 heteroatoms. The molecule has 0 saturated heterocycles. The predicted molar refractivity (Wildman–Crippen MR) is 285 cm³/mol. The lowest BCUT2D eigenvalue weighted by Crippen LogP contribution is -2.45. The number of carbonyl (C=O) groups excluding carboxylic acids is 1. The van der Waals surface area contributed by atoms with E-state index >= 15 is 0 Å². The van der Waals surface area contributed by atoms with Crippen LogP contribution < -0.4 is 5.32 Å². The van der Waals surface area contributed by atoms with Crippen molar-refractivity contribution in [3.63, 3.8) is 0 Å². The van der Waals surface area contributed by atoms with Gasteiger partial charge in [0.2, 0.25) is 5.91 Å². The van der Waals surface area contributed by atoms with Gasteiger partial charge in [0, 0.05) is 6.42 Å². The SMILES string of the molecule is CC/C=C\C/C=C\C/C=C\C/C=C\CCCCCCCCCCCCCCCCCCCCCCCCCCCCC(=O)NC(CO)C(O)/C=C/CC/C=C/CC/C=C/CCCCC. The van der Waals surface area contributed by atoms with Crippen molar-refractivity contribution in [2.75, 3.05) is 6.61 Å². The minimum atomic E-state index is -0.870. The summed E-state index contributed by atoms with van der Waals surface area (Å²) in [5, 5.41) is 23.0. The van der Waals surface area contributed by atoms with Crippen LogP contribution in [0.1, 0.15) is 271 Å². The fourth-order valence-corrected chi connectivity index (χ4v) is 8.14. The third kappa shape index (κ3) is 50.6. The lowest BCUT2D eigenvalue weighted by molar-refractivity contribution is -0.123. The molecular weight excluding hydrogens is 783 g/mol. The van der Waals surface area contributed by atoms with Crippen LogP contribution in [0.3, 0.4) is 0 Å². The number of rotatable bonds is 50. The molecule has 0 aliphatic carbocycles. The number of amides is 1. The van der Waals surface area contributed by atoms with Crippen LogP contribution in [0.5, 0.6) is 0 Å². The first-order valence-corrected chi connectivity index (χ1v) is 27.8. The first kappa shape index (κ1) is 61.6. The molecule has 0 aromatic rings. The van der Waals surface area contributed by atoms with Gasteiger partial charge in [-0.15, -0.1) is 0 Å². The molecule has 0 spiro atoms. The van der Waals surface area contributed by atoms with Crippen LogP contribution in [0, 0.1) is 0 Å². The number of unbranched alkanes of at least 4 members (excludes halogenated alkanes) is 31. The molecule has 0 fully saturated rings. The minimum absolute atomic E-state index is 0.0771. The highest BCUT2D eigenvalue weighted by molar-refractivity contribution is 5.76. The first-order chi connectivity index (χ1) is 31.7. The molecule has 0 bridgehead atoms. The largest absolute Gasteiger partial charge is 0.394 e. The van der Waals surface area contributed by atoms with Gasteiger partial charge in [-0.2, -0.15) is 0 Å². The Balaban J connectivity index is 3.42. The average molecular weight is 891 g/mol. The maximum atomic E-state index is 12.4. The number of hydrogen-bond donors (Lipinski definition) is 3. The van der Waals surface area contributed by atoms with Gasteiger partial charge >= 0.3 is 0 Å². The summed E-state index contributed by atoms with van der Waals surface area (Å²) in [6.07, 6.45) is 80.5. The zero-order chi connectivity index (χ0) is 46.3. The molecular formula is C60H107NO3. The molecule has 0 aromatic carbocycles. The van der Waals surface area contributed by atoms with Crippen LogP contribution in [0.25, 0.3) is 0 Å². The van der Waals surface area contributed by atoms with Crippen molar-refractivity contribution in [3.8, 4) is 0 Å². The zero-order valence-corrected chi connectivity index (χ0v) is 42.5. The Labute approximate surface area is 399 Å². The summed E-state index contributed by atoms with van der Waals surface area (Å²) in [6, 6.07) is -0.646. The van der Waals surface area contributed by atoms with Crippen molar-refractivity contribution >= 4 is 5.91 Å². The van der Waals surface area contributed by atoms with Gasteiger partial charge in [-0.05, 0) is 83.5 Å². The number of allylic oxidation sites excluding steroid dienone is 13. The number of carbonyl (C=O) groups is 1. The van der Waals surface area contributed by atoms with Crippen molar-refractivity contribution in [1.82, 2.24) is 5.32 Å². The fourth-order valence-electron chi connectivity index (χ4n) is 8.14. The van der Waals surface area contributed by atoms with Crippen molar-refractivity contribution in [3.05, 3.63) is 85.1 Å². The van der Waals surface area contributed by atoms with E-state index in [-0.39, 0.29) is 12.5 Å². The van der Waals surface area contributed by atoms with Gasteiger partial charge < -0.3 is 15.5 Å². The predicted octanol–water partition coefficient (Wildman–Crippen LogP) is 18.4. The quantitative estimate of drug-likeness (QED) is 0.0421. The van der Waals surface area contributed by atoms with Crippen molar-refractivity contribution in [2.45, 2.75) is 283 Å². The van der Waals surface area contributed by atoms with Crippen LogP contribution >= 0.6 is 0 Å². The highest BCUT2D eigenvalue weighted by atomic mass is 16.3. The van der Waals surface area contributed by atoms with Crippen molar-refractivity contribution < 1.29 is 15.0 Å². The number of aliphatic hydroxyl groups is 2. The van der Waals surface area contributed by atoms with Gasteiger partial charge in [-0.1, -0.05) is 266 Å². The molecule has 370 valence electrons. The van der Waals surface area contributed by atoms with Gasteiger partial charge in [-0.3, -0.25) is 4.79 Å². The topological polar surface area (TPSA) is 69.6 Å². The van der Waals surface area contributed by atoms with Gasteiger partial charge in [-0.25, -0.2) is 0 Å². The maximum absolute atomic E-state index is 12.4. The van der Waals surface area contributed by atoms with Crippen LogP contribution in [0.2, 0.25) is 0 Å². The Morgan fingerprint density at radius 1 is 0.391 bits per heavy atom. The normalized spacial score (nSPS) is 13.5. The maximum Gasteiger partial charge on any atom is 0.220 e. The van der Waals surface area contributed by atoms with Crippen LogP contribution in [-0.2, 0) is 4.79 Å². The Morgan fingerprint density at radius 3 is 1.09 bits per heavy atom. The molecule has 2 atom stereocenters. The first-order valence-electron chi connectivity index (χ1n) is 27.8. The highest BCUT2D eigenvalue weighted by Crippen LogP contribution is 2.17. The average Bonchev–Trinajstić information content (AvgIpc) is 3.30. The molecule has 0 aromatic heterocycles. The smallest absolute Gasteiger partial charge is 0.220 e. The second-order valence-corrected chi connectivity index (χ2v) is 18.6. The van der Waals surface area contributed by atoms with E-state index in [1.165, 1.54) is 186 Å². The highest BCUT2D eigenvalue weighted by Gasteiger charge is 2.17. The molecule has 0 radical (unpaired) electrons. The fraction of sp³-hybridized carbons (Fsp3) is 0.750. The van der Waals surface area contributed by atoms with E-state index in [2.05, 4.69) is 92.1 Å². The molecule has 1 amide bonds. The number of hydrogen-bond acceptors (Lipinski definition) is 3. The summed E-state index contributed by atoms with van der Waals surface area (Å²) in [6.45, 7) is 4.15. The van der Waals surface area contributed by atoms with E-state index in [0.717, 1.165) is 64.2 Å². The third-order valence-corrected chi connectivity index (χ3v) is 12.3. The summed E-state index contributed by atoms with van der Waals surface area (Å²) in [5.74, 6) is -0.0771. The van der Waals surface area contributed by atoms with E-state index < -0.39 is 12.1 Å². The van der Waals surface area contributed by atoms with E-state index in [9.17, 15) is 15.0 Å². The third-order valence-electron chi connectivity index (χ3n) is 12.3. The lowest BCUT2D eigenvalue weighted by atomic mass is 10.0. The standard InChI is InChI=1S/C60H107NO3/c1-3-5-7-9-11-13-15-17-18-19-20-21-22-23-24-25-26-27-28-29-30-31-32-33-34-35-36-37-38-39-40-41-42-44-46-48-50-52-54-56-60(64)61-58(57-62)59(63)55-53-51-49-47-45-43-16-14-12-10-8-6-4-2/h5,7,11-14,17-18,20-21,45,47,53,55,58-59,62-63H,3-4,6,8-10,15-16,19,22-44,46,48-52,54,56-57H2,1-2H3,(H,61,64)/b7-5-,13-11-,14-12+,18-17-,21-20-,47-45+,55-53+. The second-order valence-electron chi connectivity index (χ2n) is 18.6. The Bertz CT molecular complexity index is 1150. The molecule has 4 nitrogen and oxygen atoms in total. The Kier molecular flexibility index (Phi) is 52.8. The second kappa shape index (κ2) is 54.9. The molecule has 0 aliphatic heterocycles. The molecule has 3 N–H and O–H groups in total. The van der Waals surface area contributed by atoms with Gasteiger partial charge in [0.1, 0.15) is 0 Å². The molecule has 64 heavy (non-hydrogen) atoms. The Hall–Kier alpha value is -2.43. The van der Waals surface area contributed by atoms with E-state index in [4.69, 9.17) is 0 Å². The van der Waals surface area contributed by atoms with Gasteiger partial charge in [0.05, 0.1) is 18.8 Å². The van der Waals surface area contributed by atoms with E-state index in [1.807, 2.05) is 6.08 Å². The molecule has 2 unspecified atom stereocenters. The van der Waals surface area contributed by atoms with Crippen LogP contribution in [-0.4, -0.2) is 34.9 Å².